The number of nitrogens with zero attached hydrogens (tertiary/aromatic N) is 4. The van der Waals surface area contributed by atoms with Crippen molar-refractivity contribution in [1.29, 1.82) is 0 Å². The van der Waals surface area contributed by atoms with Crippen LogP contribution in [0.1, 0.15) is 61.1 Å². The molecule has 0 spiro atoms. The van der Waals surface area contributed by atoms with E-state index in [9.17, 15) is 8.42 Å². The van der Waals surface area contributed by atoms with Gasteiger partial charge in [0.2, 0.25) is 0 Å². The summed E-state index contributed by atoms with van der Waals surface area (Å²) < 4.78 is 34.1. The average molecular weight is 685 g/mol. The standard InChI is InChI=1S/C44H36N4O2S/c1-43(2)33-13-5-9-17-37(33)47(38-18-10-6-14-34(38)43)31-25-21-29(22-26-31)41-42(46-51(49,50)45-41)30-23-27-32(28-24-30)48-39-19-11-7-15-35(39)44(3,4)36-16-8-12-20-40(36)48/h5-28H,1-4H3. The van der Waals surface area contributed by atoms with Crippen molar-refractivity contribution < 1.29 is 8.42 Å². The quantitative estimate of drug-likeness (QED) is 0.185. The molecule has 0 aromatic heterocycles. The van der Waals surface area contributed by atoms with Crippen LogP contribution in [0, 0.1) is 0 Å². The Kier molecular flexibility index (Phi) is 6.80. The predicted molar refractivity (Wildman–Crippen MR) is 208 cm³/mol. The van der Waals surface area contributed by atoms with Crippen LogP contribution >= 0.6 is 0 Å². The van der Waals surface area contributed by atoms with Gasteiger partial charge in [-0.15, -0.1) is 8.80 Å². The van der Waals surface area contributed by atoms with Gasteiger partial charge in [0.15, 0.2) is 0 Å². The smallest absolute Gasteiger partial charge is 0.310 e. The van der Waals surface area contributed by atoms with E-state index in [0.29, 0.717) is 22.6 Å². The zero-order valence-corrected chi connectivity index (χ0v) is 29.7. The van der Waals surface area contributed by atoms with Gasteiger partial charge in [0.1, 0.15) is 11.4 Å². The molecule has 0 N–H and O–H groups in total. The second kappa shape index (κ2) is 11.1. The second-order valence-corrected chi connectivity index (χ2v) is 15.7. The predicted octanol–water partition coefficient (Wildman–Crippen LogP) is 10.4. The first-order valence-electron chi connectivity index (χ1n) is 17.2. The van der Waals surface area contributed by atoms with Crippen LogP contribution in [-0.2, 0) is 21.0 Å². The topological polar surface area (TPSA) is 65.3 Å². The van der Waals surface area contributed by atoms with Gasteiger partial charge in [0.25, 0.3) is 0 Å². The molecule has 9 rings (SSSR count). The number of benzene rings is 6. The van der Waals surface area contributed by atoms with Crippen LogP contribution in [0.25, 0.3) is 0 Å². The molecule has 3 aliphatic rings. The summed E-state index contributed by atoms with van der Waals surface area (Å²) in [5, 5.41) is 0. The molecule has 250 valence electrons. The molecule has 3 heterocycles. The Morgan fingerprint density at radius 3 is 0.980 bits per heavy atom. The third-order valence-corrected chi connectivity index (χ3v) is 11.5. The van der Waals surface area contributed by atoms with E-state index >= 15 is 0 Å². The van der Waals surface area contributed by atoms with E-state index in [1.165, 1.54) is 22.3 Å². The Labute approximate surface area is 299 Å². The van der Waals surface area contributed by atoms with Crippen molar-refractivity contribution in [1.82, 2.24) is 0 Å². The molecule has 0 amide bonds. The molecule has 6 nitrogen and oxygen atoms in total. The van der Waals surface area contributed by atoms with Crippen molar-refractivity contribution in [3.63, 3.8) is 0 Å². The molecular formula is C44H36N4O2S. The lowest BCUT2D eigenvalue weighted by molar-refractivity contribution is 0.601. The molecule has 6 aromatic carbocycles. The highest BCUT2D eigenvalue weighted by atomic mass is 32.2. The van der Waals surface area contributed by atoms with Crippen LogP contribution in [-0.4, -0.2) is 19.8 Å². The van der Waals surface area contributed by atoms with E-state index in [2.05, 4.69) is 143 Å². The number of fused-ring (bicyclic) bond motifs is 4. The highest BCUT2D eigenvalue weighted by Crippen LogP contribution is 2.53. The normalized spacial score (nSPS) is 17.4. The second-order valence-electron chi connectivity index (χ2n) is 14.4. The zero-order chi connectivity index (χ0) is 35.1. The summed E-state index contributed by atoms with van der Waals surface area (Å²) in [7, 11) is -4.03. The van der Waals surface area contributed by atoms with Crippen molar-refractivity contribution in [2.75, 3.05) is 9.80 Å². The summed E-state index contributed by atoms with van der Waals surface area (Å²) in [6, 6.07) is 49.9. The number of anilines is 6. The summed E-state index contributed by atoms with van der Waals surface area (Å²) >= 11 is 0. The maximum Gasteiger partial charge on any atom is 0.364 e. The summed E-state index contributed by atoms with van der Waals surface area (Å²) in [6.07, 6.45) is 0. The van der Waals surface area contributed by atoms with Crippen LogP contribution < -0.4 is 9.80 Å². The SMILES string of the molecule is CC1(C)c2ccccc2N(c2ccc(C3=NS(=O)(=O)N=C3c3ccc(N4c5ccccc5C(C)(C)c5ccccc54)cc3)cc2)c2ccccc21. The summed E-state index contributed by atoms with van der Waals surface area (Å²) in [5.41, 5.74) is 13.2. The van der Waals surface area contributed by atoms with Crippen molar-refractivity contribution >= 4 is 55.8 Å². The van der Waals surface area contributed by atoms with E-state index in [0.717, 1.165) is 34.1 Å². The Bertz CT molecular complexity index is 2280. The molecule has 0 fully saturated rings. The maximum absolute atomic E-state index is 12.9. The fourth-order valence-electron chi connectivity index (χ4n) is 8.15. The average Bonchev–Trinajstić information content (AvgIpc) is 3.48. The minimum absolute atomic E-state index is 0.158. The van der Waals surface area contributed by atoms with Gasteiger partial charge in [-0.25, -0.2) is 0 Å². The number of para-hydroxylation sites is 4. The molecule has 0 saturated carbocycles. The zero-order valence-electron chi connectivity index (χ0n) is 28.9. The molecule has 0 saturated heterocycles. The fourth-order valence-corrected chi connectivity index (χ4v) is 9.03. The van der Waals surface area contributed by atoms with Gasteiger partial charge in [0.05, 0.1) is 22.7 Å². The number of hydrogen-bond acceptors (Lipinski definition) is 4. The van der Waals surface area contributed by atoms with Crippen LogP contribution in [0.3, 0.4) is 0 Å². The minimum atomic E-state index is -4.03. The highest BCUT2D eigenvalue weighted by molar-refractivity contribution is 7.89. The summed E-state index contributed by atoms with van der Waals surface area (Å²) in [6.45, 7) is 9.06. The van der Waals surface area contributed by atoms with Gasteiger partial charge in [-0.3, -0.25) is 0 Å². The van der Waals surface area contributed by atoms with E-state index < -0.39 is 10.2 Å². The van der Waals surface area contributed by atoms with Crippen LogP contribution in [0.4, 0.5) is 34.1 Å². The molecule has 0 atom stereocenters. The highest BCUT2D eigenvalue weighted by Gasteiger charge is 2.38. The fraction of sp³-hybridized carbons (Fsp3) is 0.136. The van der Waals surface area contributed by atoms with Crippen molar-refractivity contribution in [3.05, 3.63) is 179 Å². The Balaban J connectivity index is 1.07. The molecule has 51 heavy (non-hydrogen) atoms. The monoisotopic (exact) mass is 684 g/mol. The van der Waals surface area contributed by atoms with E-state index in [-0.39, 0.29) is 10.8 Å². The van der Waals surface area contributed by atoms with Gasteiger partial charge < -0.3 is 9.80 Å². The largest absolute Gasteiger partial charge is 0.364 e. The lowest BCUT2D eigenvalue weighted by Gasteiger charge is -2.42. The molecule has 0 aliphatic carbocycles. The van der Waals surface area contributed by atoms with Gasteiger partial charge >= 0.3 is 10.2 Å². The van der Waals surface area contributed by atoms with Crippen molar-refractivity contribution in [2.24, 2.45) is 8.80 Å². The molecular weight excluding hydrogens is 649 g/mol. The molecule has 7 heteroatoms. The Morgan fingerprint density at radius 1 is 0.412 bits per heavy atom. The van der Waals surface area contributed by atoms with Gasteiger partial charge in [-0.1, -0.05) is 125 Å². The number of hydrogen-bond donors (Lipinski definition) is 0. The third-order valence-electron chi connectivity index (χ3n) is 10.7. The van der Waals surface area contributed by atoms with Crippen LogP contribution in [0.2, 0.25) is 0 Å². The van der Waals surface area contributed by atoms with Crippen LogP contribution in [0.15, 0.2) is 154 Å². The van der Waals surface area contributed by atoms with Gasteiger partial charge in [-0.2, -0.15) is 8.42 Å². The first-order valence-corrected chi connectivity index (χ1v) is 18.6. The molecule has 0 bridgehead atoms. The lowest BCUT2D eigenvalue weighted by atomic mass is 9.73. The maximum atomic E-state index is 12.9. The lowest BCUT2D eigenvalue weighted by Crippen LogP contribution is -2.30. The number of rotatable bonds is 4. The Hall–Kier alpha value is -5.79. The third kappa shape index (κ3) is 4.79. The first kappa shape index (κ1) is 31.2. The molecule has 0 unspecified atom stereocenters. The molecule has 3 aliphatic heterocycles. The summed E-state index contributed by atoms with van der Waals surface area (Å²) in [5.74, 6) is 0. The van der Waals surface area contributed by atoms with Crippen molar-refractivity contribution in [2.45, 2.75) is 38.5 Å². The van der Waals surface area contributed by atoms with E-state index in [1.807, 2.05) is 48.5 Å². The van der Waals surface area contributed by atoms with Gasteiger partial charge in [0, 0.05) is 33.3 Å². The first-order chi connectivity index (χ1) is 24.5. The molecule has 0 radical (unpaired) electrons. The van der Waals surface area contributed by atoms with Gasteiger partial charge in [-0.05, 0) is 70.8 Å². The van der Waals surface area contributed by atoms with E-state index in [4.69, 9.17) is 0 Å². The van der Waals surface area contributed by atoms with E-state index in [1.54, 1.807) is 0 Å². The van der Waals surface area contributed by atoms with Crippen molar-refractivity contribution in [3.8, 4) is 0 Å². The minimum Gasteiger partial charge on any atom is -0.310 e. The molecule has 6 aromatic rings. The van der Waals surface area contributed by atoms with Crippen LogP contribution in [0.5, 0.6) is 0 Å². The summed E-state index contributed by atoms with van der Waals surface area (Å²) in [4.78, 5) is 4.55. The Morgan fingerprint density at radius 2 is 0.686 bits per heavy atom.